The van der Waals surface area contributed by atoms with Crippen LogP contribution < -0.4 is 31.3 Å². The molecule has 0 aliphatic heterocycles. The summed E-state index contributed by atoms with van der Waals surface area (Å²) in [5, 5.41) is 66.6. The molecule has 0 atom stereocenters. The van der Waals surface area contributed by atoms with Gasteiger partial charge in [0, 0.05) is 36.7 Å². The number of carboxylic acid groups (broad SMARTS) is 6. The molecule has 3 amide bonds. The number of rotatable bonds is 27. The van der Waals surface area contributed by atoms with Gasteiger partial charge in [0.1, 0.15) is 0 Å². The van der Waals surface area contributed by atoms with Gasteiger partial charge in [-0.25, -0.2) is 0 Å². The minimum absolute atomic E-state index is 0. The summed E-state index contributed by atoms with van der Waals surface area (Å²) in [7, 11) is 0. The molecule has 0 heterocycles. The Bertz CT molecular complexity index is 1900. The number of hydrogen-bond donors (Lipinski definition) is 6. The molecule has 0 aromatic heterocycles. The van der Waals surface area contributed by atoms with E-state index in [1.54, 1.807) is 0 Å². The molecule has 0 spiro atoms. The van der Waals surface area contributed by atoms with Crippen LogP contribution in [0, 0.1) is 0 Å². The monoisotopic (exact) mass is 1020 g/mol. The molecule has 21 nitrogen and oxygen atoms in total. The summed E-state index contributed by atoms with van der Waals surface area (Å²) in [5.41, 5.74) is 7.99. The SMILES string of the molecule is CCc1cccc(CC)c1NC(=O)CN(CC(=O)[O-])CC(=O)O.CCc1cccc(CC)c1NC(=O)CN(CC(=O)[O-])CC(=O)O.CCc1cccc(CC)c1NC(=O)CN(CC(=O)[O-])CC(=O)O.[Cr+3]. The van der Waals surface area contributed by atoms with E-state index >= 15 is 0 Å². The maximum Gasteiger partial charge on any atom is 3.00 e. The van der Waals surface area contributed by atoms with E-state index in [1.165, 1.54) is 0 Å². The number of benzene rings is 3. The van der Waals surface area contributed by atoms with E-state index in [0.717, 1.165) is 86.6 Å². The molecule has 0 saturated heterocycles. The maximum atomic E-state index is 12.2. The second-order valence-corrected chi connectivity index (χ2v) is 15.4. The van der Waals surface area contributed by atoms with Crippen LogP contribution in [-0.2, 0) is 99.0 Å². The number of para-hydroxylation sites is 3. The molecule has 0 fully saturated rings. The largest absolute Gasteiger partial charge is 3.00 e. The fourth-order valence-corrected chi connectivity index (χ4v) is 6.98. The summed E-state index contributed by atoms with van der Waals surface area (Å²) in [6, 6.07) is 17.2. The van der Waals surface area contributed by atoms with Crippen LogP contribution in [0.5, 0.6) is 0 Å². The van der Waals surface area contributed by atoms with E-state index in [4.69, 9.17) is 15.3 Å². The van der Waals surface area contributed by atoms with Gasteiger partial charge in [-0.05, 0) is 71.9 Å². The topological polar surface area (TPSA) is 329 Å². The van der Waals surface area contributed by atoms with Crippen LogP contribution in [0.2, 0.25) is 0 Å². The number of carbonyl (C=O) groups is 9. The molecule has 0 saturated carbocycles. The van der Waals surface area contributed by atoms with Crippen molar-refractivity contribution in [2.75, 3.05) is 74.9 Å². The zero-order valence-corrected chi connectivity index (χ0v) is 41.6. The molecule has 1 radical (unpaired) electrons. The molecule has 381 valence electrons. The Kier molecular flexibility index (Phi) is 30.5. The quantitative estimate of drug-likeness (QED) is 0.0569. The van der Waals surface area contributed by atoms with Crippen molar-refractivity contribution >= 4 is 70.6 Å². The van der Waals surface area contributed by atoms with Gasteiger partial charge in [0.05, 0.1) is 57.2 Å². The van der Waals surface area contributed by atoms with E-state index in [0.29, 0.717) is 17.1 Å². The van der Waals surface area contributed by atoms with Crippen LogP contribution in [-0.4, -0.2) is 142 Å². The van der Waals surface area contributed by atoms with Crippen LogP contribution >= 0.6 is 0 Å². The molecule has 0 bridgehead atoms. The number of nitrogens with one attached hydrogen (secondary N) is 3. The zero-order chi connectivity index (χ0) is 52.2. The molecule has 0 unspecified atom stereocenters. The van der Waals surface area contributed by atoms with Crippen molar-refractivity contribution in [2.24, 2.45) is 0 Å². The van der Waals surface area contributed by atoms with Gasteiger partial charge in [-0.15, -0.1) is 0 Å². The number of carbonyl (C=O) groups excluding carboxylic acids is 6. The minimum Gasteiger partial charge on any atom is -0.549 e. The van der Waals surface area contributed by atoms with Crippen LogP contribution in [0.3, 0.4) is 0 Å². The van der Waals surface area contributed by atoms with Gasteiger partial charge in [0.2, 0.25) is 17.7 Å². The summed E-state index contributed by atoms with van der Waals surface area (Å²) in [6.07, 6.45) is 4.42. The maximum absolute atomic E-state index is 12.2. The number of carboxylic acids is 6. The Morgan fingerprint density at radius 1 is 0.371 bits per heavy atom. The van der Waals surface area contributed by atoms with Crippen molar-refractivity contribution in [2.45, 2.75) is 80.1 Å². The molecular formula is C48H63CrN6O15. The van der Waals surface area contributed by atoms with Crippen molar-refractivity contribution in [3.8, 4) is 0 Å². The number of aliphatic carboxylic acids is 6. The van der Waals surface area contributed by atoms with Crippen LogP contribution in [0.4, 0.5) is 17.1 Å². The first-order chi connectivity index (χ1) is 32.6. The number of nitrogens with zero attached hydrogens (tertiary/aromatic N) is 3. The second-order valence-electron chi connectivity index (χ2n) is 15.4. The van der Waals surface area contributed by atoms with Crippen LogP contribution in [0.15, 0.2) is 54.6 Å². The first-order valence-electron chi connectivity index (χ1n) is 22.2. The van der Waals surface area contributed by atoms with Crippen molar-refractivity contribution < 1.29 is 91.2 Å². The third kappa shape index (κ3) is 24.5. The number of amides is 3. The first kappa shape index (κ1) is 63.3. The summed E-state index contributed by atoms with van der Waals surface area (Å²) >= 11 is 0. The van der Waals surface area contributed by atoms with E-state index < -0.39 is 92.8 Å². The molecule has 3 aromatic rings. The standard InChI is InChI=1S/3C16H22N2O5.Cr/c3*1-3-11-6-5-7-12(4-2)16(11)17-13(19)8-18(9-14(20)21)10-15(22)23;/h3*5-7H,3-4,8-10H2,1-2H3,(H,17,19)(H,20,21)(H,22,23);/q;;;+3/p-3. The second kappa shape index (κ2) is 33.7. The van der Waals surface area contributed by atoms with Crippen LogP contribution in [0.1, 0.15) is 74.9 Å². The Morgan fingerprint density at radius 3 is 0.700 bits per heavy atom. The third-order valence-corrected chi connectivity index (χ3v) is 10.0. The Morgan fingerprint density at radius 2 is 0.557 bits per heavy atom. The first-order valence-corrected chi connectivity index (χ1v) is 22.2. The van der Waals surface area contributed by atoms with Gasteiger partial charge in [-0.3, -0.25) is 43.5 Å². The number of anilines is 3. The van der Waals surface area contributed by atoms with Crippen LogP contribution in [0.25, 0.3) is 0 Å². The molecule has 6 N–H and O–H groups in total. The van der Waals surface area contributed by atoms with E-state index in [2.05, 4.69) is 16.0 Å². The summed E-state index contributed by atoms with van der Waals surface area (Å²) < 4.78 is 0. The molecule has 3 rings (SSSR count). The molecule has 22 heteroatoms. The van der Waals surface area contributed by atoms with Crippen molar-refractivity contribution in [1.29, 1.82) is 0 Å². The predicted octanol–water partition coefficient (Wildman–Crippen LogP) is -0.343. The molecular weight excluding hydrogens is 953 g/mol. The van der Waals surface area contributed by atoms with Gasteiger partial charge in [0.25, 0.3) is 0 Å². The molecule has 0 aliphatic carbocycles. The Balaban J connectivity index is 0.00000101. The normalized spacial score (nSPS) is 10.4. The molecule has 3 aromatic carbocycles. The van der Waals surface area contributed by atoms with E-state index in [-0.39, 0.29) is 37.0 Å². The van der Waals surface area contributed by atoms with Crippen molar-refractivity contribution in [1.82, 2.24) is 14.7 Å². The number of hydrogen-bond acceptors (Lipinski definition) is 15. The van der Waals surface area contributed by atoms with Crippen molar-refractivity contribution in [3.05, 3.63) is 88.0 Å². The fourth-order valence-electron chi connectivity index (χ4n) is 6.98. The van der Waals surface area contributed by atoms with Gasteiger partial charge in [-0.2, -0.15) is 0 Å². The van der Waals surface area contributed by atoms with Gasteiger partial charge in [-0.1, -0.05) is 96.1 Å². The predicted molar refractivity (Wildman–Crippen MR) is 249 cm³/mol. The van der Waals surface area contributed by atoms with Crippen molar-refractivity contribution in [3.63, 3.8) is 0 Å². The van der Waals surface area contributed by atoms with Gasteiger partial charge in [0.15, 0.2) is 0 Å². The molecule has 70 heavy (non-hydrogen) atoms. The summed E-state index contributed by atoms with van der Waals surface area (Å²) in [5.74, 6) is -9.27. The van der Waals surface area contributed by atoms with E-state index in [9.17, 15) is 58.5 Å². The average molecular weight is 1020 g/mol. The van der Waals surface area contributed by atoms with E-state index in [1.807, 2.05) is 96.1 Å². The Hall–Kier alpha value is -6.70. The Labute approximate surface area is 418 Å². The summed E-state index contributed by atoms with van der Waals surface area (Å²) in [4.78, 5) is 104. The van der Waals surface area contributed by atoms with Gasteiger partial charge >= 0.3 is 35.3 Å². The third-order valence-electron chi connectivity index (χ3n) is 10.0. The zero-order valence-electron chi connectivity index (χ0n) is 40.3. The molecule has 0 aliphatic rings. The fraction of sp³-hybridized carbons (Fsp3) is 0.438. The van der Waals surface area contributed by atoms with Gasteiger partial charge < -0.3 is 61.0 Å². The average Bonchev–Trinajstić information content (AvgIpc) is 3.25. The minimum atomic E-state index is -1.43. The summed E-state index contributed by atoms with van der Waals surface area (Å²) in [6.45, 7) is 7.34. The number of aryl methyl sites for hydroxylation is 6. The smallest absolute Gasteiger partial charge is 0.549 e.